The molecule has 0 radical (unpaired) electrons. The quantitative estimate of drug-likeness (QED) is 0.467. The van der Waals surface area contributed by atoms with Gasteiger partial charge >= 0.3 is 0 Å². The molecule has 4 nitrogen and oxygen atoms in total. The summed E-state index contributed by atoms with van der Waals surface area (Å²) < 4.78 is 10.2. The molecule has 0 aromatic carbocycles. The number of hydrogen-bond acceptors (Lipinski definition) is 4. The van der Waals surface area contributed by atoms with Crippen LogP contribution in [0.3, 0.4) is 0 Å². The molecule has 0 saturated carbocycles. The highest BCUT2D eigenvalue weighted by atomic mass is 19.0. The van der Waals surface area contributed by atoms with E-state index in [0.29, 0.717) is 0 Å². The Hall–Kier alpha value is -0.230. The summed E-state index contributed by atoms with van der Waals surface area (Å²) in [6, 6.07) is 0. The number of aliphatic hydroxyl groups is 2. The molecule has 66 valence electrons. The van der Waals surface area contributed by atoms with Gasteiger partial charge in [-0.05, 0) is 0 Å². The molecule has 2 fully saturated rings. The Morgan fingerprint density at radius 2 is 1.27 bits per heavy atom. The number of ether oxygens (including phenoxy) is 2. The molecule has 2 rings (SSSR count). The second kappa shape index (κ2) is 3.02. The van der Waals surface area contributed by atoms with E-state index in [1.165, 1.54) is 0 Å². The van der Waals surface area contributed by atoms with Crippen LogP contribution >= 0.6 is 0 Å². The van der Waals surface area contributed by atoms with E-state index < -0.39 is 12.2 Å². The van der Waals surface area contributed by atoms with Crippen LogP contribution in [-0.2, 0) is 9.47 Å². The predicted octanol–water partition coefficient (Wildman–Crippen LogP) is -1.34. The summed E-state index contributed by atoms with van der Waals surface area (Å²) in [6.07, 6.45) is -1.70. The second-order valence-electron chi connectivity index (χ2n) is 2.73. The number of halogens is 1. The summed E-state index contributed by atoms with van der Waals surface area (Å²) in [5.74, 6) is 0. The molecule has 11 heavy (non-hydrogen) atoms. The largest absolute Gasteiger partial charge is 0.388 e. The highest BCUT2D eigenvalue weighted by molar-refractivity contribution is 4.93. The third-order valence-electron chi connectivity index (χ3n) is 2.00. The van der Waals surface area contributed by atoms with Crippen molar-refractivity contribution in [1.82, 2.24) is 0 Å². The smallest absolute Gasteiger partial charge is 0.114 e. The van der Waals surface area contributed by atoms with Crippen LogP contribution in [0.1, 0.15) is 0 Å². The topological polar surface area (TPSA) is 58.9 Å². The first kappa shape index (κ1) is 8.86. The summed E-state index contributed by atoms with van der Waals surface area (Å²) in [4.78, 5) is 0. The van der Waals surface area contributed by atoms with Crippen molar-refractivity contribution in [2.75, 3.05) is 13.2 Å². The molecule has 2 N–H and O–H groups in total. The molecular weight excluding hydrogens is 155 g/mol. The van der Waals surface area contributed by atoms with E-state index >= 15 is 0 Å². The van der Waals surface area contributed by atoms with Crippen LogP contribution in [0.2, 0.25) is 0 Å². The van der Waals surface area contributed by atoms with Gasteiger partial charge in [-0.2, -0.15) is 0 Å². The average Bonchev–Trinajstić information content (AvgIpc) is 2.41. The Labute approximate surface area is 63.1 Å². The van der Waals surface area contributed by atoms with Crippen molar-refractivity contribution < 1.29 is 24.4 Å². The molecule has 2 aliphatic heterocycles. The summed E-state index contributed by atoms with van der Waals surface area (Å²) in [6.45, 7) is 0.568. The van der Waals surface area contributed by atoms with Crippen molar-refractivity contribution >= 4 is 0 Å². The maximum atomic E-state index is 9.16. The highest BCUT2D eigenvalue weighted by Crippen LogP contribution is 2.26. The molecule has 0 unspecified atom stereocenters. The van der Waals surface area contributed by atoms with Crippen molar-refractivity contribution in [2.24, 2.45) is 0 Å². The standard InChI is InChI=1S/C6H10O4.FH/c7-3-1-9-6-4(8)2-10-5(3)6;/h3-8H,1-2H2;1H/t3-,4-,5-,6-;/m1./s1. The molecular formula is C6H11FO4. The zero-order chi connectivity index (χ0) is 7.14. The Balaban J connectivity index is 0.000000605. The number of hydrogen-bond donors (Lipinski definition) is 2. The molecule has 2 heterocycles. The maximum absolute atomic E-state index is 9.16. The van der Waals surface area contributed by atoms with E-state index in [4.69, 9.17) is 19.7 Å². The van der Waals surface area contributed by atoms with Crippen molar-refractivity contribution in [3.63, 3.8) is 0 Å². The third kappa shape index (κ3) is 1.24. The molecule has 2 saturated heterocycles. The first-order valence-corrected chi connectivity index (χ1v) is 3.38. The van der Waals surface area contributed by atoms with E-state index in [2.05, 4.69) is 0 Å². The van der Waals surface area contributed by atoms with Gasteiger partial charge in [0.15, 0.2) is 0 Å². The Kier molecular flexibility index (Phi) is 2.43. The Bertz CT molecular complexity index is 127. The van der Waals surface area contributed by atoms with Crippen LogP contribution < -0.4 is 0 Å². The molecule has 0 spiro atoms. The monoisotopic (exact) mass is 166 g/mol. The van der Waals surface area contributed by atoms with Gasteiger partial charge in [0.1, 0.15) is 24.4 Å². The van der Waals surface area contributed by atoms with Crippen LogP contribution in [0.5, 0.6) is 0 Å². The van der Waals surface area contributed by atoms with Gasteiger partial charge < -0.3 is 19.7 Å². The van der Waals surface area contributed by atoms with Crippen molar-refractivity contribution in [2.45, 2.75) is 24.4 Å². The van der Waals surface area contributed by atoms with E-state index in [0.717, 1.165) is 0 Å². The normalized spacial score (nSPS) is 48.5. The molecule has 0 bridgehead atoms. The minimum Gasteiger partial charge on any atom is -0.388 e. The number of fused-ring (bicyclic) bond motifs is 1. The Morgan fingerprint density at radius 1 is 0.909 bits per heavy atom. The minimum atomic E-state index is -0.554. The first-order valence-electron chi connectivity index (χ1n) is 3.38. The molecule has 0 aromatic rings. The van der Waals surface area contributed by atoms with Gasteiger partial charge in [-0.1, -0.05) is 0 Å². The molecule has 2 aliphatic rings. The molecule has 0 aliphatic carbocycles. The third-order valence-corrected chi connectivity index (χ3v) is 2.00. The van der Waals surface area contributed by atoms with Gasteiger partial charge in [-0.25, -0.2) is 0 Å². The predicted molar refractivity (Wildman–Crippen MR) is 34.0 cm³/mol. The summed E-state index contributed by atoms with van der Waals surface area (Å²) >= 11 is 0. The first-order chi connectivity index (χ1) is 4.79. The van der Waals surface area contributed by atoms with Gasteiger partial charge in [0.25, 0.3) is 0 Å². The van der Waals surface area contributed by atoms with E-state index in [1.807, 2.05) is 0 Å². The van der Waals surface area contributed by atoms with Crippen molar-refractivity contribution in [1.29, 1.82) is 0 Å². The molecule has 0 aromatic heterocycles. The highest BCUT2D eigenvalue weighted by Gasteiger charge is 2.46. The van der Waals surface area contributed by atoms with E-state index in [-0.39, 0.29) is 30.1 Å². The van der Waals surface area contributed by atoms with Crippen LogP contribution in [-0.4, -0.2) is 47.8 Å². The lowest BCUT2D eigenvalue weighted by Crippen LogP contribution is -2.30. The lowest BCUT2D eigenvalue weighted by atomic mass is 10.1. The minimum absolute atomic E-state index is 0. The summed E-state index contributed by atoms with van der Waals surface area (Å²) in [7, 11) is 0. The molecule has 0 amide bonds. The molecule has 4 atom stereocenters. The van der Waals surface area contributed by atoms with Gasteiger partial charge in [0.2, 0.25) is 0 Å². The SMILES string of the molecule is F.O[C@@H]1CO[C@H]2[C@@H]1OC[C@H]2O. The molecule has 5 heteroatoms. The van der Waals surface area contributed by atoms with Crippen molar-refractivity contribution in [3.8, 4) is 0 Å². The van der Waals surface area contributed by atoms with Crippen LogP contribution in [0.15, 0.2) is 0 Å². The fourth-order valence-corrected chi connectivity index (χ4v) is 1.46. The van der Waals surface area contributed by atoms with Crippen LogP contribution in [0.25, 0.3) is 0 Å². The fraction of sp³-hybridized carbons (Fsp3) is 1.00. The summed E-state index contributed by atoms with van der Waals surface area (Å²) in [5.41, 5.74) is 0. The van der Waals surface area contributed by atoms with E-state index in [9.17, 15) is 0 Å². The van der Waals surface area contributed by atoms with Gasteiger partial charge in [-0.15, -0.1) is 0 Å². The van der Waals surface area contributed by atoms with Gasteiger partial charge in [-0.3, -0.25) is 4.70 Å². The van der Waals surface area contributed by atoms with Gasteiger partial charge in [0.05, 0.1) is 13.2 Å². The van der Waals surface area contributed by atoms with Crippen LogP contribution in [0.4, 0.5) is 4.70 Å². The zero-order valence-electron chi connectivity index (χ0n) is 5.84. The Morgan fingerprint density at radius 3 is 1.64 bits per heavy atom. The lowest BCUT2D eigenvalue weighted by Gasteiger charge is -2.09. The lowest BCUT2D eigenvalue weighted by molar-refractivity contribution is 0.00205. The van der Waals surface area contributed by atoms with E-state index in [1.54, 1.807) is 0 Å². The summed E-state index contributed by atoms with van der Waals surface area (Å²) in [5, 5.41) is 18.3. The van der Waals surface area contributed by atoms with Crippen LogP contribution in [0, 0.1) is 0 Å². The fourth-order valence-electron chi connectivity index (χ4n) is 1.46. The average molecular weight is 166 g/mol. The number of aliphatic hydroxyl groups excluding tert-OH is 2. The maximum Gasteiger partial charge on any atom is 0.114 e. The van der Waals surface area contributed by atoms with Gasteiger partial charge in [0, 0.05) is 0 Å². The second-order valence-corrected chi connectivity index (χ2v) is 2.73. The van der Waals surface area contributed by atoms with Crippen molar-refractivity contribution in [3.05, 3.63) is 0 Å². The zero-order valence-corrected chi connectivity index (χ0v) is 5.84. The number of rotatable bonds is 0.